The molecule has 0 saturated carbocycles. The number of benzene rings is 1. The van der Waals surface area contributed by atoms with Crippen LogP contribution in [0.4, 0.5) is 18.9 Å². The second-order valence-corrected chi connectivity index (χ2v) is 5.10. The molecule has 1 amide bonds. The quantitative estimate of drug-likeness (QED) is 0.723. The van der Waals surface area contributed by atoms with Crippen molar-refractivity contribution >= 4 is 24.2 Å². The van der Waals surface area contributed by atoms with Crippen molar-refractivity contribution in [1.29, 1.82) is 5.26 Å². The molecule has 0 bridgehead atoms. The van der Waals surface area contributed by atoms with E-state index >= 15 is 0 Å². The minimum atomic E-state index is -4.78. The zero-order valence-electron chi connectivity index (χ0n) is 12.8. The molecule has 2 aromatic rings. The summed E-state index contributed by atoms with van der Waals surface area (Å²) in [4.78, 5) is 16.0. The average molecular weight is 349 g/mol. The number of hydrogen-bond donors (Lipinski definition) is 3. The van der Waals surface area contributed by atoms with Gasteiger partial charge in [0.05, 0.1) is 29.1 Å². The summed E-state index contributed by atoms with van der Waals surface area (Å²) in [6, 6.07) is 5.26. The first-order valence-electron chi connectivity index (χ1n) is 6.89. The summed E-state index contributed by atoms with van der Waals surface area (Å²) in [7, 11) is -1.81. The van der Waals surface area contributed by atoms with Crippen LogP contribution in [-0.4, -0.2) is 28.1 Å². The van der Waals surface area contributed by atoms with E-state index in [0.29, 0.717) is 11.8 Å². The number of halogens is 3. The Morgan fingerprint density at radius 1 is 1.32 bits per heavy atom. The Morgan fingerprint density at radius 3 is 2.56 bits per heavy atom. The number of aromatic nitrogens is 1. The molecule has 0 fully saturated rings. The van der Waals surface area contributed by atoms with Crippen molar-refractivity contribution < 1.29 is 28.0 Å². The molecular weight excluding hydrogens is 338 g/mol. The van der Waals surface area contributed by atoms with Gasteiger partial charge in [-0.05, 0) is 31.2 Å². The van der Waals surface area contributed by atoms with Gasteiger partial charge in [-0.25, -0.2) is 0 Å². The largest absolute Gasteiger partial charge is 0.490 e. The fraction of sp³-hybridized carbons (Fsp3) is 0.133. The Kier molecular flexibility index (Phi) is 5.11. The molecule has 128 valence electrons. The summed E-state index contributed by atoms with van der Waals surface area (Å²) in [6.45, 7) is 1.52. The SMILES string of the molecule is Cc1ncc(NC(=O)c2ccc(C#N)c(C(F)(F)F)c2)cc1B(O)O. The van der Waals surface area contributed by atoms with Gasteiger partial charge in [0.15, 0.2) is 0 Å². The van der Waals surface area contributed by atoms with Gasteiger partial charge in [0.25, 0.3) is 5.91 Å². The molecule has 0 atom stereocenters. The number of nitrogens with zero attached hydrogens (tertiary/aromatic N) is 2. The number of nitriles is 1. The Hall–Kier alpha value is -2.90. The lowest BCUT2D eigenvalue weighted by Gasteiger charge is -2.12. The van der Waals surface area contributed by atoms with Gasteiger partial charge in [0, 0.05) is 16.7 Å². The molecule has 0 aliphatic heterocycles. The van der Waals surface area contributed by atoms with Crippen LogP contribution in [0.2, 0.25) is 0 Å². The van der Waals surface area contributed by atoms with Gasteiger partial charge < -0.3 is 15.4 Å². The highest BCUT2D eigenvalue weighted by molar-refractivity contribution is 6.59. The molecule has 2 rings (SSSR count). The predicted molar refractivity (Wildman–Crippen MR) is 82.9 cm³/mol. The lowest BCUT2D eigenvalue weighted by Crippen LogP contribution is -2.33. The van der Waals surface area contributed by atoms with Crippen LogP contribution in [0.15, 0.2) is 30.5 Å². The van der Waals surface area contributed by atoms with E-state index in [0.717, 1.165) is 12.1 Å². The molecule has 10 heteroatoms. The zero-order valence-corrected chi connectivity index (χ0v) is 12.8. The van der Waals surface area contributed by atoms with E-state index in [1.165, 1.54) is 25.3 Å². The molecule has 0 aliphatic rings. The van der Waals surface area contributed by atoms with E-state index in [9.17, 15) is 28.0 Å². The van der Waals surface area contributed by atoms with Gasteiger partial charge in [0.1, 0.15) is 0 Å². The molecule has 0 aliphatic carbocycles. The average Bonchev–Trinajstić information content (AvgIpc) is 2.54. The Labute approximate surface area is 140 Å². The molecule has 0 unspecified atom stereocenters. The number of carbonyl (C=O) groups excluding carboxylic acids is 1. The van der Waals surface area contributed by atoms with Crippen molar-refractivity contribution in [2.75, 3.05) is 5.32 Å². The fourth-order valence-corrected chi connectivity index (χ4v) is 2.10. The second kappa shape index (κ2) is 6.92. The smallest absolute Gasteiger partial charge is 0.423 e. The number of amides is 1. The van der Waals surface area contributed by atoms with Gasteiger partial charge in [-0.1, -0.05) is 0 Å². The maximum absolute atomic E-state index is 12.9. The van der Waals surface area contributed by atoms with Crippen molar-refractivity contribution in [1.82, 2.24) is 4.98 Å². The molecule has 25 heavy (non-hydrogen) atoms. The molecule has 6 nitrogen and oxygen atoms in total. The van der Waals surface area contributed by atoms with Crippen molar-refractivity contribution in [2.45, 2.75) is 13.1 Å². The lowest BCUT2D eigenvalue weighted by atomic mass is 9.79. The highest BCUT2D eigenvalue weighted by Gasteiger charge is 2.34. The van der Waals surface area contributed by atoms with Crippen LogP contribution in [0.25, 0.3) is 0 Å². The summed E-state index contributed by atoms with van der Waals surface area (Å²) in [5.74, 6) is -0.862. The Morgan fingerprint density at radius 2 is 2.00 bits per heavy atom. The van der Waals surface area contributed by atoms with Crippen LogP contribution >= 0.6 is 0 Å². The summed E-state index contributed by atoms with van der Waals surface area (Å²) in [5, 5.41) is 29.5. The molecule has 0 saturated heterocycles. The van der Waals surface area contributed by atoms with Crippen LogP contribution in [0, 0.1) is 18.3 Å². The third-order valence-electron chi connectivity index (χ3n) is 3.37. The van der Waals surface area contributed by atoms with Crippen LogP contribution in [0.3, 0.4) is 0 Å². The molecule has 3 N–H and O–H groups in total. The van der Waals surface area contributed by atoms with E-state index < -0.39 is 30.3 Å². The zero-order chi connectivity index (χ0) is 18.8. The number of anilines is 1. The summed E-state index contributed by atoms with van der Waals surface area (Å²) in [5.41, 5.74) is -1.66. The van der Waals surface area contributed by atoms with Crippen molar-refractivity contribution in [3.8, 4) is 6.07 Å². The van der Waals surface area contributed by atoms with Gasteiger partial charge in [-0.3, -0.25) is 9.78 Å². The molecular formula is C15H11BF3N3O3. The van der Waals surface area contributed by atoms with Crippen molar-refractivity contribution in [3.05, 3.63) is 52.8 Å². The number of carbonyl (C=O) groups is 1. The lowest BCUT2D eigenvalue weighted by molar-refractivity contribution is -0.137. The standard InChI is InChI=1S/C15H11BF3N3O3/c1-8-13(16(24)25)5-11(7-21-8)22-14(23)9-2-3-10(6-20)12(4-9)15(17,18)19/h2-5,7,24-25H,1H3,(H,22,23). The highest BCUT2D eigenvalue weighted by Crippen LogP contribution is 2.32. The predicted octanol–water partition coefficient (Wildman–Crippen LogP) is 1.21. The van der Waals surface area contributed by atoms with Crippen LogP contribution in [0.1, 0.15) is 27.2 Å². The first kappa shape index (κ1) is 18.4. The third kappa shape index (κ3) is 4.15. The van der Waals surface area contributed by atoms with E-state index in [4.69, 9.17) is 5.26 Å². The number of pyridine rings is 1. The second-order valence-electron chi connectivity index (χ2n) is 5.10. The first-order chi connectivity index (χ1) is 11.6. The number of rotatable bonds is 3. The maximum atomic E-state index is 12.9. The van der Waals surface area contributed by atoms with Gasteiger partial charge in [0.2, 0.25) is 0 Å². The molecule has 1 aromatic carbocycles. The van der Waals surface area contributed by atoms with E-state index in [1.54, 1.807) is 0 Å². The van der Waals surface area contributed by atoms with E-state index in [-0.39, 0.29) is 16.7 Å². The number of nitrogens with one attached hydrogen (secondary N) is 1. The van der Waals surface area contributed by atoms with Gasteiger partial charge >= 0.3 is 13.3 Å². The summed E-state index contributed by atoms with van der Waals surface area (Å²) in [6.07, 6.45) is -3.55. The van der Waals surface area contributed by atoms with Crippen molar-refractivity contribution in [2.24, 2.45) is 0 Å². The van der Waals surface area contributed by atoms with Gasteiger partial charge in [-0.15, -0.1) is 0 Å². The highest BCUT2D eigenvalue weighted by atomic mass is 19.4. The van der Waals surface area contributed by atoms with Crippen LogP contribution in [0.5, 0.6) is 0 Å². The summed E-state index contributed by atoms with van der Waals surface area (Å²) < 4.78 is 38.8. The molecule has 0 radical (unpaired) electrons. The maximum Gasteiger partial charge on any atom is 0.490 e. The normalized spacial score (nSPS) is 10.9. The van der Waals surface area contributed by atoms with E-state index in [1.807, 2.05) is 0 Å². The monoisotopic (exact) mass is 349 g/mol. The van der Waals surface area contributed by atoms with E-state index in [2.05, 4.69) is 10.3 Å². The Bertz CT molecular complexity index is 863. The minimum absolute atomic E-state index is 0.0496. The molecule has 1 heterocycles. The number of alkyl halides is 3. The third-order valence-corrected chi connectivity index (χ3v) is 3.37. The number of hydrogen-bond acceptors (Lipinski definition) is 5. The van der Waals surface area contributed by atoms with Crippen LogP contribution in [-0.2, 0) is 6.18 Å². The topological polar surface area (TPSA) is 106 Å². The Balaban J connectivity index is 2.34. The molecule has 0 spiro atoms. The van der Waals surface area contributed by atoms with Crippen LogP contribution < -0.4 is 10.8 Å². The van der Waals surface area contributed by atoms with Gasteiger partial charge in [-0.2, -0.15) is 18.4 Å². The first-order valence-corrected chi connectivity index (χ1v) is 6.89. The summed E-state index contributed by atoms with van der Waals surface area (Å²) >= 11 is 0. The molecule has 1 aromatic heterocycles. The van der Waals surface area contributed by atoms with Crippen molar-refractivity contribution in [3.63, 3.8) is 0 Å². The number of aryl methyl sites for hydroxylation is 1. The minimum Gasteiger partial charge on any atom is -0.423 e. The fourth-order valence-electron chi connectivity index (χ4n) is 2.10.